The average molecular weight is 458 g/mol. The zero-order valence-electron chi connectivity index (χ0n) is 19.3. The Kier molecular flexibility index (Phi) is 8.17. The van der Waals surface area contributed by atoms with Crippen LogP contribution >= 0.6 is 11.8 Å². The molecule has 0 fully saturated rings. The van der Waals surface area contributed by atoms with Gasteiger partial charge in [0.2, 0.25) is 5.95 Å². The minimum Gasteiger partial charge on any atom is -0.340 e. The Morgan fingerprint density at radius 2 is 2.00 bits per heavy atom. The monoisotopic (exact) mass is 457 g/mol. The number of aromatic nitrogens is 2. The lowest BCUT2D eigenvalue weighted by Gasteiger charge is -2.15. The van der Waals surface area contributed by atoms with Gasteiger partial charge >= 0.3 is 0 Å². The van der Waals surface area contributed by atoms with Gasteiger partial charge in [0, 0.05) is 29.0 Å². The van der Waals surface area contributed by atoms with Crippen LogP contribution < -0.4 is 16.0 Å². The topological polar surface area (TPSA) is 61.9 Å². The average Bonchev–Trinajstić information content (AvgIpc) is 2.85. The summed E-state index contributed by atoms with van der Waals surface area (Å²) in [5, 5.41) is 12.3. The molecule has 6 heteroatoms. The molecule has 0 atom stereocenters. The Hall–Kier alpha value is -3.09. The van der Waals surface area contributed by atoms with E-state index in [1.807, 2.05) is 12.1 Å². The third-order valence-electron chi connectivity index (χ3n) is 5.42. The summed E-state index contributed by atoms with van der Waals surface area (Å²) in [6, 6.07) is 16.7. The van der Waals surface area contributed by atoms with Crippen LogP contribution in [0.4, 0.5) is 23.1 Å². The first-order valence-electron chi connectivity index (χ1n) is 11.5. The first kappa shape index (κ1) is 23.1. The summed E-state index contributed by atoms with van der Waals surface area (Å²) in [7, 11) is 0. The summed E-state index contributed by atoms with van der Waals surface area (Å²) >= 11 is 1.76. The fourth-order valence-corrected chi connectivity index (χ4v) is 4.44. The molecule has 170 valence electrons. The summed E-state index contributed by atoms with van der Waals surface area (Å²) in [5.74, 6) is 1.33. The van der Waals surface area contributed by atoms with Crippen molar-refractivity contribution in [2.75, 3.05) is 23.7 Å². The van der Waals surface area contributed by atoms with Crippen LogP contribution in [0, 0.1) is 6.92 Å². The van der Waals surface area contributed by atoms with E-state index in [-0.39, 0.29) is 0 Å². The first-order chi connectivity index (χ1) is 16.2. The lowest BCUT2D eigenvalue weighted by Crippen LogP contribution is -2.20. The van der Waals surface area contributed by atoms with Gasteiger partial charge in [-0.05, 0) is 78.8 Å². The molecule has 0 saturated carbocycles. The highest BCUT2D eigenvalue weighted by molar-refractivity contribution is 8.02. The van der Waals surface area contributed by atoms with Crippen LogP contribution in [0.25, 0.3) is 5.57 Å². The Labute approximate surface area is 200 Å². The summed E-state index contributed by atoms with van der Waals surface area (Å²) in [6.45, 7) is 6.28. The molecule has 0 aliphatic carbocycles. The van der Waals surface area contributed by atoms with E-state index in [9.17, 15) is 0 Å². The highest BCUT2D eigenvalue weighted by Gasteiger charge is 2.08. The van der Waals surface area contributed by atoms with E-state index >= 15 is 0 Å². The smallest absolute Gasteiger partial charge is 0.229 e. The van der Waals surface area contributed by atoms with E-state index in [1.54, 1.807) is 18.0 Å². The molecule has 5 nitrogen and oxygen atoms in total. The summed E-state index contributed by atoms with van der Waals surface area (Å²) in [6.07, 6.45) is 9.58. The van der Waals surface area contributed by atoms with E-state index in [1.165, 1.54) is 28.0 Å². The number of anilines is 4. The number of unbranched alkanes of at least 4 members (excludes halogenated alkanes) is 1. The number of rotatable bonds is 9. The van der Waals surface area contributed by atoms with Crippen LogP contribution in [0.1, 0.15) is 37.3 Å². The predicted octanol–water partition coefficient (Wildman–Crippen LogP) is 7.05. The molecular weight excluding hydrogens is 426 g/mol. The summed E-state index contributed by atoms with van der Waals surface area (Å²) in [4.78, 5) is 10.3. The summed E-state index contributed by atoms with van der Waals surface area (Å²) in [5.41, 5.74) is 5.88. The second-order valence-corrected chi connectivity index (χ2v) is 8.99. The fourth-order valence-electron chi connectivity index (χ4n) is 3.61. The molecule has 1 aromatic heterocycles. The zero-order valence-corrected chi connectivity index (χ0v) is 20.1. The number of allylic oxidation sites excluding steroid dienone is 1. The molecule has 2 aromatic carbocycles. The SMILES string of the molecule is CCCC=CSc1cc(Nc2ccnc(Nc3cccc(C4=CCNCC4)c3)n2)ccc1C. The van der Waals surface area contributed by atoms with E-state index in [0.29, 0.717) is 5.95 Å². The quantitative estimate of drug-likeness (QED) is 0.299. The second kappa shape index (κ2) is 11.7. The number of aryl methyl sites for hydroxylation is 1. The largest absolute Gasteiger partial charge is 0.340 e. The van der Waals surface area contributed by atoms with Gasteiger partial charge < -0.3 is 16.0 Å². The highest BCUT2D eigenvalue weighted by atomic mass is 32.2. The maximum absolute atomic E-state index is 4.67. The van der Waals surface area contributed by atoms with Crippen molar-refractivity contribution < 1.29 is 0 Å². The molecule has 0 unspecified atom stereocenters. The molecule has 0 spiro atoms. The van der Waals surface area contributed by atoms with Gasteiger partial charge in [0.1, 0.15) is 5.82 Å². The number of nitrogens with one attached hydrogen (secondary N) is 3. The van der Waals surface area contributed by atoms with Crippen molar-refractivity contribution in [1.82, 2.24) is 15.3 Å². The number of hydrogen-bond donors (Lipinski definition) is 3. The van der Waals surface area contributed by atoms with E-state index in [0.717, 1.165) is 43.1 Å². The van der Waals surface area contributed by atoms with Gasteiger partial charge in [0.15, 0.2) is 0 Å². The lowest BCUT2D eigenvalue weighted by atomic mass is 10.00. The molecule has 0 radical (unpaired) electrons. The van der Waals surface area contributed by atoms with Crippen molar-refractivity contribution >= 4 is 40.5 Å². The van der Waals surface area contributed by atoms with Gasteiger partial charge in [-0.1, -0.05) is 55.5 Å². The molecule has 33 heavy (non-hydrogen) atoms. The van der Waals surface area contributed by atoms with Gasteiger partial charge in [-0.2, -0.15) is 4.98 Å². The third kappa shape index (κ3) is 6.70. The Balaban J connectivity index is 1.45. The zero-order chi connectivity index (χ0) is 22.9. The summed E-state index contributed by atoms with van der Waals surface area (Å²) < 4.78 is 0. The molecule has 1 aliphatic heterocycles. The number of thioether (sulfide) groups is 1. The van der Waals surface area contributed by atoms with Gasteiger partial charge in [-0.3, -0.25) is 0 Å². The van der Waals surface area contributed by atoms with Crippen LogP contribution in [0.5, 0.6) is 0 Å². The molecule has 0 bridgehead atoms. The van der Waals surface area contributed by atoms with Crippen molar-refractivity contribution in [2.24, 2.45) is 0 Å². The van der Waals surface area contributed by atoms with Crippen molar-refractivity contribution in [3.05, 3.63) is 83.4 Å². The number of benzene rings is 2. The molecule has 2 heterocycles. The molecular formula is C27H31N5S. The maximum atomic E-state index is 4.67. The fraction of sp³-hybridized carbons (Fsp3) is 0.259. The van der Waals surface area contributed by atoms with Crippen LogP contribution in [0.3, 0.4) is 0 Å². The van der Waals surface area contributed by atoms with E-state index in [2.05, 4.69) is 93.7 Å². The minimum absolute atomic E-state index is 0.570. The Morgan fingerprint density at radius 3 is 2.85 bits per heavy atom. The molecule has 1 aliphatic rings. The van der Waals surface area contributed by atoms with Crippen molar-refractivity contribution in [3.63, 3.8) is 0 Å². The number of hydrogen-bond acceptors (Lipinski definition) is 6. The van der Waals surface area contributed by atoms with Crippen molar-refractivity contribution in [1.29, 1.82) is 0 Å². The second-order valence-electron chi connectivity index (χ2n) is 8.04. The Morgan fingerprint density at radius 1 is 1.09 bits per heavy atom. The number of nitrogens with zero attached hydrogens (tertiary/aromatic N) is 2. The van der Waals surface area contributed by atoms with Crippen LogP contribution in [-0.4, -0.2) is 23.1 Å². The standard InChI is InChI=1S/C27H31N5S/c1-3-4-5-17-33-25-19-24(10-9-20(25)2)30-26-13-16-29-27(32-26)31-23-8-6-7-22(18-23)21-11-14-28-15-12-21/h5-11,13,16-19,28H,3-4,12,14-15H2,1-2H3,(H2,29,30,31,32). The minimum atomic E-state index is 0.570. The highest BCUT2D eigenvalue weighted by Crippen LogP contribution is 2.29. The van der Waals surface area contributed by atoms with Crippen LogP contribution in [-0.2, 0) is 0 Å². The van der Waals surface area contributed by atoms with Gasteiger partial charge in [0.25, 0.3) is 0 Å². The van der Waals surface area contributed by atoms with E-state index < -0.39 is 0 Å². The van der Waals surface area contributed by atoms with Crippen molar-refractivity contribution in [3.8, 4) is 0 Å². The van der Waals surface area contributed by atoms with Gasteiger partial charge in [-0.25, -0.2) is 4.98 Å². The van der Waals surface area contributed by atoms with E-state index in [4.69, 9.17) is 0 Å². The molecule has 3 N–H and O–H groups in total. The third-order valence-corrected chi connectivity index (χ3v) is 6.44. The molecule has 0 amide bonds. The van der Waals surface area contributed by atoms with Crippen molar-refractivity contribution in [2.45, 2.75) is 38.0 Å². The molecule has 3 aromatic rings. The normalized spacial score (nSPS) is 13.7. The predicted molar refractivity (Wildman–Crippen MR) is 142 cm³/mol. The first-order valence-corrected chi connectivity index (χ1v) is 12.4. The van der Waals surface area contributed by atoms with Gasteiger partial charge in [0.05, 0.1) is 0 Å². The maximum Gasteiger partial charge on any atom is 0.229 e. The van der Waals surface area contributed by atoms with Crippen LogP contribution in [0.2, 0.25) is 0 Å². The van der Waals surface area contributed by atoms with Gasteiger partial charge in [-0.15, -0.1) is 0 Å². The molecule has 4 rings (SSSR count). The Bertz CT molecular complexity index is 1140. The molecule has 0 saturated heterocycles. The lowest BCUT2D eigenvalue weighted by molar-refractivity contribution is 0.738. The van der Waals surface area contributed by atoms with Crippen LogP contribution in [0.15, 0.2) is 77.2 Å².